The van der Waals surface area contributed by atoms with E-state index in [2.05, 4.69) is 9.97 Å². The largest absolute Gasteiger partial charge is 0.504 e. The van der Waals surface area contributed by atoms with E-state index in [-0.39, 0.29) is 42.3 Å². The zero-order chi connectivity index (χ0) is 11.4. The van der Waals surface area contributed by atoms with E-state index < -0.39 is 0 Å². The van der Waals surface area contributed by atoms with Crippen LogP contribution >= 0.6 is 22.7 Å². The van der Waals surface area contributed by atoms with Crippen molar-refractivity contribution in [2.24, 2.45) is 0 Å². The molecule has 3 rings (SSSR count). The molecule has 0 saturated heterocycles. The van der Waals surface area contributed by atoms with Crippen molar-refractivity contribution in [1.29, 1.82) is 0 Å². The number of phenols is 2. The van der Waals surface area contributed by atoms with E-state index in [0.29, 0.717) is 0 Å². The molecule has 3 aromatic rings. The summed E-state index contributed by atoms with van der Waals surface area (Å²) in [6.45, 7) is 0. The second-order valence-electron chi connectivity index (χ2n) is 3.05. The van der Waals surface area contributed by atoms with Crippen molar-refractivity contribution < 1.29 is 20.4 Å². The lowest BCUT2D eigenvalue weighted by molar-refractivity contribution is 0.466. The molecule has 82 valence electrons. The second kappa shape index (κ2) is 2.86. The number of phenolic OH excluding ortho intramolecular Hbond substituents is 2. The Bertz CT molecular complexity index is 603. The Balaban J connectivity index is 2.63. The summed E-state index contributed by atoms with van der Waals surface area (Å²) in [6, 6.07) is 0. The molecule has 0 atom stereocenters. The maximum atomic E-state index is 9.84. The van der Waals surface area contributed by atoms with Crippen molar-refractivity contribution in [3.8, 4) is 21.9 Å². The molecular weight excluding hydrogens is 252 g/mol. The highest BCUT2D eigenvalue weighted by molar-refractivity contribution is 7.22. The standard InChI is InChI=1S/C8H4N2O4S2/c11-3-1-5(15-7(13)9-1)4(12)2-6(3)16-8(14)10-2/h11-12H,(H,9,13)(H,10,14). The van der Waals surface area contributed by atoms with Crippen LogP contribution in [0.15, 0.2) is 0 Å². The van der Waals surface area contributed by atoms with Gasteiger partial charge in [0.2, 0.25) is 0 Å². The number of hydrogen-bond acceptors (Lipinski definition) is 8. The Hall–Kier alpha value is -1.80. The Kier molecular flexibility index (Phi) is 1.69. The number of aromatic hydroxyl groups is 4. The zero-order valence-electron chi connectivity index (χ0n) is 7.50. The summed E-state index contributed by atoms with van der Waals surface area (Å²) in [6.07, 6.45) is 0. The maximum Gasteiger partial charge on any atom is 0.272 e. The molecule has 2 heterocycles. The van der Waals surface area contributed by atoms with Gasteiger partial charge < -0.3 is 20.4 Å². The summed E-state index contributed by atoms with van der Waals surface area (Å²) in [5.74, 6) is -0.394. The quantitative estimate of drug-likeness (QED) is 0.456. The lowest BCUT2D eigenvalue weighted by Crippen LogP contribution is -1.75. The van der Waals surface area contributed by atoms with Crippen LogP contribution < -0.4 is 0 Å². The summed E-state index contributed by atoms with van der Waals surface area (Å²) >= 11 is 1.67. The minimum absolute atomic E-state index is 0.108. The predicted molar refractivity (Wildman–Crippen MR) is 59.5 cm³/mol. The van der Waals surface area contributed by atoms with Gasteiger partial charge in [0.25, 0.3) is 10.4 Å². The SMILES string of the molecule is Oc1nc2c(O)c3sc(O)nc3c(O)c2s1. The Labute approximate surface area is 95.7 Å². The van der Waals surface area contributed by atoms with E-state index in [9.17, 15) is 20.4 Å². The van der Waals surface area contributed by atoms with Crippen LogP contribution in [0.1, 0.15) is 0 Å². The highest BCUT2D eigenvalue weighted by atomic mass is 32.1. The van der Waals surface area contributed by atoms with Gasteiger partial charge in [0.1, 0.15) is 20.4 Å². The molecule has 0 aliphatic rings. The lowest BCUT2D eigenvalue weighted by atomic mass is 10.2. The smallest absolute Gasteiger partial charge is 0.272 e. The Morgan fingerprint density at radius 1 is 0.688 bits per heavy atom. The molecule has 4 N–H and O–H groups in total. The number of benzene rings is 1. The molecule has 0 aliphatic carbocycles. The van der Waals surface area contributed by atoms with Gasteiger partial charge in [-0.25, -0.2) is 0 Å². The van der Waals surface area contributed by atoms with E-state index >= 15 is 0 Å². The fourth-order valence-corrected chi connectivity index (χ4v) is 2.98. The molecule has 1 aromatic carbocycles. The fraction of sp³-hybridized carbons (Fsp3) is 0. The normalized spacial score (nSPS) is 11.5. The number of nitrogens with zero attached hydrogens (tertiary/aromatic N) is 2. The molecule has 16 heavy (non-hydrogen) atoms. The highest BCUT2D eigenvalue weighted by Crippen LogP contribution is 2.47. The van der Waals surface area contributed by atoms with Gasteiger partial charge in [-0.15, -0.1) is 0 Å². The molecule has 0 aliphatic heterocycles. The van der Waals surface area contributed by atoms with E-state index in [1.807, 2.05) is 0 Å². The molecular formula is C8H4N2O4S2. The summed E-state index contributed by atoms with van der Waals surface area (Å²) < 4.78 is 0.487. The van der Waals surface area contributed by atoms with Gasteiger partial charge in [-0.3, -0.25) is 0 Å². The number of rotatable bonds is 0. The molecule has 0 amide bonds. The predicted octanol–water partition coefficient (Wildman–Crippen LogP) is 1.73. The lowest BCUT2D eigenvalue weighted by Gasteiger charge is -1.97. The van der Waals surface area contributed by atoms with Crippen LogP contribution in [0, 0.1) is 0 Å². The number of fused-ring (bicyclic) bond motifs is 2. The third kappa shape index (κ3) is 1.05. The monoisotopic (exact) mass is 256 g/mol. The average molecular weight is 256 g/mol. The van der Waals surface area contributed by atoms with Crippen molar-refractivity contribution in [2.75, 3.05) is 0 Å². The third-order valence-electron chi connectivity index (χ3n) is 2.11. The van der Waals surface area contributed by atoms with Crippen LogP contribution in [0.25, 0.3) is 20.4 Å². The molecule has 2 aromatic heterocycles. The van der Waals surface area contributed by atoms with Crippen molar-refractivity contribution in [3.63, 3.8) is 0 Å². The van der Waals surface area contributed by atoms with Gasteiger partial charge in [-0.05, 0) is 0 Å². The third-order valence-corrected chi connectivity index (χ3v) is 3.84. The van der Waals surface area contributed by atoms with Crippen LogP contribution in [0.3, 0.4) is 0 Å². The first-order valence-corrected chi connectivity index (χ1v) is 5.74. The van der Waals surface area contributed by atoms with Crippen LogP contribution in [-0.2, 0) is 0 Å². The van der Waals surface area contributed by atoms with E-state index in [1.165, 1.54) is 0 Å². The fourth-order valence-electron chi connectivity index (χ4n) is 1.47. The Morgan fingerprint density at radius 3 is 1.44 bits per heavy atom. The number of thiazole rings is 2. The first kappa shape index (κ1) is 9.43. The van der Waals surface area contributed by atoms with Crippen molar-refractivity contribution in [2.45, 2.75) is 0 Å². The zero-order valence-corrected chi connectivity index (χ0v) is 9.13. The van der Waals surface area contributed by atoms with E-state index in [0.717, 1.165) is 22.7 Å². The first-order valence-electron chi connectivity index (χ1n) is 4.11. The number of hydrogen-bond donors (Lipinski definition) is 4. The van der Waals surface area contributed by atoms with Crippen LogP contribution in [-0.4, -0.2) is 30.4 Å². The molecule has 0 radical (unpaired) electrons. The molecule has 0 bridgehead atoms. The topological polar surface area (TPSA) is 107 Å². The summed E-state index contributed by atoms with van der Waals surface area (Å²) in [5.41, 5.74) is 0.215. The van der Waals surface area contributed by atoms with Gasteiger partial charge in [-0.1, -0.05) is 22.7 Å². The van der Waals surface area contributed by atoms with Crippen LogP contribution in [0.2, 0.25) is 0 Å². The van der Waals surface area contributed by atoms with Crippen molar-refractivity contribution >= 4 is 43.1 Å². The minimum Gasteiger partial charge on any atom is -0.504 e. The molecule has 0 unspecified atom stereocenters. The van der Waals surface area contributed by atoms with Gasteiger partial charge >= 0.3 is 0 Å². The maximum absolute atomic E-state index is 9.84. The van der Waals surface area contributed by atoms with Gasteiger partial charge in [-0.2, -0.15) is 9.97 Å². The molecule has 0 fully saturated rings. The number of aromatic nitrogens is 2. The molecule has 0 spiro atoms. The first-order chi connectivity index (χ1) is 7.58. The molecule has 8 heteroatoms. The summed E-state index contributed by atoms with van der Waals surface area (Å²) in [7, 11) is 0. The highest BCUT2D eigenvalue weighted by Gasteiger charge is 2.20. The van der Waals surface area contributed by atoms with Crippen molar-refractivity contribution in [3.05, 3.63) is 0 Å². The molecule has 0 saturated carbocycles. The molecule has 6 nitrogen and oxygen atoms in total. The van der Waals surface area contributed by atoms with Gasteiger partial charge in [0, 0.05) is 0 Å². The van der Waals surface area contributed by atoms with Gasteiger partial charge in [0.15, 0.2) is 11.5 Å². The van der Waals surface area contributed by atoms with Crippen LogP contribution in [0.5, 0.6) is 21.9 Å². The minimum atomic E-state index is -0.248. The second-order valence-corrected chi connectivity index (χ2v) is 5.00. The van der Waals surface area contributed by atoms with E-state index in [1.54, 1.807) is 0 Å². The summed E-state index contributed by atoms with van der Waals surface area (Å²) in [4.78, 5) is 7.39. The van der Waals surface area contributed by atoms with Gasteiger partial charge in [0.05, 0.1) is 0 Å². The van der Waals surface area contributed by atoms with Crippen molar-refractivity contribution in [1.82, 2.24) is 9.97 Å². The summed E-state index contributed by atoms with van der Waals surface area (Å²) in [5, 5.41) is 37.6. The van der Waals surface area contributed by atoms with Crippen LogP contribution in [0.4, 0.5) is 0 Å². The Morgan fingerprint density at radius 2 is 1.06 bits per heavy atom. The van der Waals surface area contributed by atoms with E-state index in [4.69, 9.17) is 0 Å². The average Bonchev–Trinajstić information content (AvgIpc) is 2.78.